The predicted molar refractivity (Wildman–Crippen MR) is 76.3 cm³/mol. The van der Waals surface area contributed by atoms with Crippen molar-refractivity contribution in [3.63, 3.8) is 0 Å². The second kappa shape index (κ2) is 7.04. The van der Waals surface area contributed by atoms with Crippen LogP contribution in [0.2, 0.25) is 5.02 Å². The molecular weight excluding hydrogens is 281 g/mol. The molecule has 110 valence electrons. The molecule has 1 heterocycles. The number of hydrogen-bond donors (Lipinski definition) is 1. The van der Waals surface area contributed by atoms with Crippen LogP contribution in [-0.2, 0) is 11.3 Å². The lowest BCUT2D eigenvalue weighted by Gasteiger charge is -2.21. The number of halogens is 2. The van der Waals surface area contributed by atoms with Crippen molar-refractivity contribution in [3.05, 3.63) is 34.6 Å². The van der Waals surface area contributed by atoms with Gasteiger partial charge in [-0.15, -0.1) is 0 Å². The van der Waals surface area contributed by atoms with Crippen LogP contribution in [0.15, 0.2) is 18.2 Å². The minimum atomic E-state index is -0.736. The van der Waals surface area contributed by atoms with Gasteiger partial charge in [0.2, 0.25) is 0 Å². The van der Waals surface area contributed by atoms with Crippen molar-refractivity contribution in [3.8, 4) is 0 Å². The van der Waals surface area contributed by atoms with Crippen molar-refractivity contribution in [1.82, 2.24) is 4.90 Å². The molecule has 1 atom stereocenters. The maximum Gasteiger partial charge on any atom is 0.303 e. The van der Waals surface area contributed by atoms with E-state index >= 15 is 0 Å². The molecule has 5 heteroatoms. The highest BCUT2D eigenvalue weighted by Gasteiger charge is 2.20. The highest BCUT2D eigenvalue weighted by atomic mass is 35.5. The molecule has 0 amide bonds. The maximum absolute atomic E-state index is 13.8. The van der Waals surface area contributed by atoms with Gasteiger partial charge in [-0.1, -0.05) is 17.7 Å². The van der Waals surface area contributed by atoms with Gasteiger partial charge in [-0.05, 0) is 50.4 Å². The minimum Gasteiger partial charge on any atom is -0.481 e. The Morgan fingerprint density at radius 3 is 2.90 bits per heavy atom. The number of hydrogen-bond acceptors (Lipinski definition) is 2. The highest BCUT2D eigenvalue weighted by molar-refractivity contribution is 6.31. The summed E-state index contributed by atoms with van der Waals surface area (Å²) in [5.41, 5.74) is 0.533. The number of aliphatic carboxylic acids is 1. The smallest absolute Gasteiger partial charge is 0.303 e. The molecule has 0 radical (unpaired) electrons. The number of likely N-dealkylation sites (tertiary alicyclic amines) is 1. The van der Waals surface area contributed by atoms with Crippen molar-refractivity contribution >= 4 is 17.6 Å². The number of carboxylic acid groups (broad SMARTS) is 1. The average molecular weight is 300 g/mol. The van der Waals surface area contributed by atoms with E-state index in [-0.39, 0.29) is 18.2 Å². The topological polar surface area (TPSA) is 40.5 Å². The van der Waals surface area contributed by atoms with Crippen molar-refractivity contribution in [2.24, 2.45) is 5.92 Å². The number of nitrogens with zero attached hydrogens (tertiary/aromatic N) is 1. The molecule has 0 bridgehead atoms. The van der Waals surface area contributed by atoms with Crippen LogP contribution >= 0.6 is 11.6 Å². The number of carboxylic acids is 1. The molecule has 3 nitrogen and oxygen atoms in total. The van der Waals surface area contributed by atoms with Crippen molar-refractivity contribution in [2.45, 2.75) is 32.2 Å². The normalized spacial score (nSPS) is 20.6. The van der Waals surface area contributed by atoms with E-state index in [1.807, 2.05) is 0 Å². The van der Waals surface area contributed by atoms with Crippen LogP contribution in [0.4, 0.5) is 4.39 Å². The summed E-state index contributed by atoms with van der Waals surface area (Å²) in [5, 5.41) is 9.31. The molecule has 1 aromatic carbocycles. The molecule has 0 spiro atoms. The lowest BCUT2D eigenvalue weighted by Crippen LogP contribution is -2.25. The molecule has 1 aliphatic rings. The molecule has 0 unspecified atom stereocenters. The van der Waals surface area contributed by atoms with Crippen LogP contribution in [0.1, 0.15) is 31.2 Å². The molecule has 0 saturated carbocycles. The summed E-state index contributed by atoms with van der Waals surface area (Å²) in [6.07, 6.45) is 2.95. The largest absolute Gasteiger partial charge is 0.481 e. The Morgan fingerprint density at radius 2 is 2.20 bits per heavy atom. The lowest BCUT2D eigenvalue weighted by molar-refractivity contribution is -0.138. The Hall–Kier alpha value is -1.13. The number of carbonyl (C=O) groups is 1. The number of rotatable bonds is 4. The minimum absolute atomic E-state index is 0.230. The van der Waals surface area contributed by atoms with Crippen LogP contribution in [0, 0.1) is 11.7 Å². The summed E-state index contributed by atoms with van der Waals surface area (Å²) >= 11 is 6.04. The van der Waals surface area contributed by atoms with E-state index in [9.17, 15) is 9.18 Å². The molecule has 1 aromatic rings. The Labute approximate surface area is 123 Å². The van der Waals surface area contributed by atoms with Crippen molar-refractivity contribution in [2.75, 3.05) is 13.1 Å². The molecule has 1 N–H and O–H groups in total. The van der Waals surface area contributed by atoms with Crippen molar-refractivity contribution in [1.29, 1.82) is 0 Å². The second-order valence-electron chi connectivity index (χ2n) is 5.37. The van der Waals surface area contributed by atoms with Crippen molar-refractivity contribution < 1.29 is 14.3 Å². The van der Waals surface area contributed by atoms with Crippen LogP contribution in [0.5, 0.6) is 0 Å². The Kier molecular flexibility index (Phi) is 5.38. The summed E-state index contributed by atoms with van der Waals surface area (Å²) < 4.78 is 13.8. The van der Waals surface area contributed by atoms with Crippen LogP contribution in [-0.4, -0.2) is 29.1 Å². The molecule has 0 aliphatic carbocycles. The first kappa shape index (κ1) is 15.3. The molecule has 1 fully saturated rings. The summed E-state index contributed by atoms with van der Waals surface area (Å²) in [4.78, 5) is 12.9. The summed E-state index contributed by atoms with van der Waals surface area (Å²) in [6.45, 7) is 2.15. The SMILES string of the molecule is O=C(O)C[C@@H]1CCCN(Cc2c(F)cccc2Cl)CC1. The fraction of sp³-hybridized carbons (Fsp3) is 0.533. The van der Waals surface area contributed by atoms with Gasteiger partial charge in [0.1, 0.15) is 5.82 Å². The highest BCUT2D eigenvalue weighted by Crippen LogP contribution is 2.25. The van der Waals surface area contributed by atoms with Crippen LogP contribution < -0.4 is 0 Å². The molecule has 1 saturated heterocycles. The van der Waals surface area contributed by atoms with Gasteiger partial charge in [-0.2, -0.15) is 0 Å². The fourth-order valence-electron chi connectivity index (χ4n) is 2.74. The second-order valence-corrected chi connectivity index (χ2v) is 5.78. The zero-order chi connectivity index (χ0) is 14.5. The van der Waals surface area contributed by atoms with Gasteiger partial charge >= 0.3 is 5.97 Å². The van der Waals surface area contributed by atoms with Gasteiger partial charge < -0.3 is 5.11 Å². The maximum atomic E-state index is 13.8. The van der Waals surface area contributed by atoms with Gasteiger partial charge in [-0.25, -0.2) is 4.39 Å². The van der Waals surface area contributed by atoms with E-state index in [1.165, 1.54) is 6.07 Å². The first-order valence-corrected chi connectivity index (χ1v) is 7.31. The first-order chi connectivity index (χ1) is 9.56. The zero-order valence-electron chi connectivity index (χ0n) is 11.3. The van der Waals surface area contributed by atoms with E-state index in [1.54, 1.807) is 12.1 Å². The third-order valence-corrected chi connectivity index (χ3v) is 4.20. The Morgan fingerprint density at radius 1 is 1.40 bits per heavy atom. The van der Waals surface area contributed by atoms with Crippen LogP contribution in [0.3, 0.4) is 0 Å². The molecule has 0 aromatic heterocycles. The Bertz CT molecular complexity index is 461. The summed E-state index contributed by atoms with van der Waals surface area (Å²) in [5.74, 6) is -0.780. The molecule has 20 heavy (non-hydrogen) atoms. The number of benzene rings is 1. The Balaban J connectivity index is 1.96. The van der Waals surface area contributed by atoms with E-state index in [0.717, 1.165) is 32.4 Å². The third kappa shape index (κ3) is 4.18. The van der Waals surface area contributed by atoms with E-state index < -0.39 is 5.97 Å². The lowest BCUT2D eigenvalue weighted by atomic mass is 9.97. The fourth-order valence-corrected chi connectivity index (χ4v) is 2.96. The van der Waals surface area contributed by atoms with E-state index in [4.69, 9.17) is 16.7 Å². The van der Waals surface area contributed by atoms with Crippen LogP contribution in [0.25, 0.3) is 0 Å². The van der Waals surface area contributed by atoms with Gasteiger partial charge in [0.25, 0.3) is 0 Å². The van der Waals surface area contributed by atoms with Gasteiger partial charge in [-0.3, -0.25) is 9.69 Å². The van der Waals surface area contributed by atoms with Gasteiger partial charge in [0.05, 0.1) is 0 Å². The molecule has 2 rings (SSSR count). The first-order valence-electron chi connectivity index (χ1n) is 6.93. The third-order valence-electron chi connectivity index (χ3n) is 3.85. The van der Waals surface area contributed by atoms with Gasteiger partial charge in [0, 0.05) is 23.6 Å². The molecule has 1 aliphatic heterocycles. The monoisotopic (exact) mass is 299 g/mol. The van der Waals surface area contributed by atoms with Gasteiger partial charge in [0.15, 0.2) is 0 Å². The summed E-state index contributed by atoms with van der Waals surface area (Å²) in [7, 11) is 0. The standard InChI is InChI=1S/C15H19ClFNO2/c16-13-4-1-5-14(17)12(13)10-18-7-2-3-11(6-8-18)9-15(19)20/h1,4-5,11H,2-3,6-10H2,(H,19,20)/t11-/m1/s1. The average Bonchev–Trinajstić information content (AvgIpc) is 2.59. The quantitative estimate of drug-likeness (QED) is 0.924. The predicted octanol–water partition coefficient (Wildman–Crippen LogP) is 3.56. The van der Waals surface area contributed by atoms with E-state index in [0.29, 0.717) is 17.1 Å². The van der Waals surface area contributed by atoms with E-state index in [2.05, 4.69) is 4.90 Å². The molecular formula is C15H19ClFNO2. The zero-order valence-corrected chi connectivity index (χ0v) is 12.1. The summed E-state index contributed by atoms with van der Waals surface area (Å²) in [6, 6.07) is 4.73.